The van der Waals surface area contributed by atoms with Crippen LogP contribution in [0.25, 0.3) is 0 Å². The molecule has 0 spiro atoms. The highest BCUT2D eigenvalue weighted by atomic mass is 16.1. The van der Waals surface area contributed by atoms with Gasteiger partial charge in [0.1, 0.15) is 5.82 Å². The van der Waals surface area contributed by atoms with Gasteiger partial charge in [-0.2, -0.15) is 0 Å². The van der Waals surface area contributed by atoms with Gasteiger partial charge in [0.05, 0.1) is 17.8 Å². The number of piperazine rings is 1. The molecule has 8 nitrogen and oxygen atoms in total. The predicted molar refractivity (Wildman–Crippen MR) is 106 cm³/mol. The first-order chi connectivity index (χ1) is 13.8. The first kappa shape index (κ1) is 17.8. The number of carbonyl (C=O) groups is 1. The van der Waals surface area contributed by atoms with Crippen LogP contribution in [0.3, 0.4) is 0 Å². The first-order valence-electron chi connectivity index (χ1n) is 9.21. The molecule has 1 N–H and O–H groups in total. The SMILES string of the molecule is O=C(NCc1ccccn1)c1ccc(N2CCN(c3ncccn3)CC2)nc1. The van der Waals surface area contributed by atoms with E-state index < -0.39 is 0 Å². The Morgan fingerprint density at radius 3 is 2.29 bits per heavy atom. The molecule has 1 fully saturated rings. The fourth-order valence-electron chi connectivity index (χ4n) is 3.07. The van der Waals surface area contributed by atoms with E-state index in [0.717, 1.165) is 43.6 Å². The third-order valence-corrected chi connectivity index (χ3v) is 4.60. The normalized spacial score (nSPS) is 14.0. The van der Waals surface area contributed by atoms with Gasteiger partial charge in [0.2, 0.25) is 5.95 Å². The van der Waals surface area contributed by atoms with Crippen LogP contribution in [-0.4, -0.2) is 52.0 Å². The Bertz CT molecular complexity index is 895. The minimum absolute atomic E-state index is 0.157. The fourth-order valence-corrected chi connectivity index (χ4v) is 3.07. The lowest BCUT2D eigenvalue weighted by Gasteiger charge is -2.35. The van der Waals surface area contributed by atoms with Gasteiger partial charge in [0.15, 0.2) is 0 Å². The Hall–Kier alpha value is -3.55. The molecule has 4 heterocycles. The minimum Gasteiger partial charge on any atom is -0.353 e. The van der Waals surface area contributed by atoms with Crippen LogP contribution in [0.5, 0.6) is 0 Å². The van der Waals surface area contributed by atoms with Crippen molar-refractivity contribution >= 4 is 17.7 Å². The fraction of sp³-hybridized carbons (Fsp3) is 0.250. The Labute approximate surface area is 163 Å². The maximum atomic E-state index is 12.3. The lowest BCUT2D eigenvalue weighted by molar-refractivity contribution is 0.0950. The Morgan fingerprint density at radius 1 is 0.857 bits per heavy atom. The zero-order chi connectivity index (χ0) is 19.2. The summed E-state index contributed by atoms with van der Waals surface area (Å²) in [6.07, 6.45) is 6.85. The summed E-state index contributed by atoms with van der Waals surface area (Å²) >= 11 is 0. The highest BCUT2D eigenvalue weighted by Gasteiger charge is 2.20. The number of anilines is 2. The summed E-state index contributed by atoms with van der Waals surface area (Å²) in [4.78, 5) is 33.9. The monoisotopic (exact) mass is 375 g/mol. The van der Waals surface area contributed by atoms with E-state index in [1.54, 1.807) is 24.8 Å². The molecule has 0 bridgehead atoms. The van der Waals surface area contributed by atoms with Crippen molar-refractivity contribution in [3.63, 3.8) is 0 Å². The van der Waals surface area contributed by atoms with Gasteiger partial charge >= 0.3 is 0 Å². The second kappa shape index (κ2) is 8.43. The van der Waals surface area contributed by atoms with Gasteiger partial charge < -0.3 is 15.1 Å². The minimum atomic E-state index is -0.157. The molecule has 0 aliphatic carbocycles. The maximum Gasteiger partial charge on any atom is 0.253 e. The lowest BCUT2D eigenvalue weighted by atomic mass is 10.2. The predicted octanol–water partition coefficient (Wildman–Crippen LogP) is 1.52. The number of hydrogen-bond acceptors (Lipinski definition) is 7. The van der Waals surface area contributed by atoms with Crippen LogP contribution < -0.4 is 15.1 Å². The maximum absolute atomic E-state index is 12.3. The van der Waals surface area contributed by atoms with Crippen LogP contribution >= 0.6 is 0 Å². The number of pyridine rings is 2. The van der Waals surface area contributed by atoms with Crippen LogP contribution in [0.15, 0.2) is 61.2 Å². The highest BCUT2D eigenvalue weighted by molar-refractivity contribution is 5.94. The number of nitrogens with zero attached hydrogens (tertiary/aromatic N) is 6. The molecule has 1 saturated heterocycles. The second-order valence-corrected chi connectivity index (χ2v) is 6.43. The number of carbonyl (C=O) groups excluding carboxylic acids is 1. The molecule has 0 saturated carbocycles. The summed E-state index contributed by atoms with van der Waals surface area (Å²) in [5, 5.41) is 2.86. The topological polar surface area (TPSA) is 87.1 Å². The summed E-state index contributed by atoms with van der Waals surface area (Å²) in [6, 6.07) is 11.1. The number of nitrogens with one attached hydrogen (secondary N) is 1. The van der Waals surface area contributed by atoms with E-state index in [0.29, 0.717) is 12.1 Å². The molecule has 1 amide bonds. The van der Waals surface area contributed by atoms with E-state index in [1.165, 1.54) is 0 Å². The third kappa shape index (κ3) is 4.22. The summed E-state index contributed by atoms with van der Waals surface area (Å²) < 4.78 is 0. The number of aromatic nitrogens is 4. The van der Waals surface area contributed by atoms with Crippen LogP contribution in [0.4, 0.5) is 11.8 Å². The molecule has 3 aromatic rings. The molecule has 0 atom stereocenters. The zero-order valence-electron chi connectivity index (χ0n) is 15.4. The average Bonchev–Trinajstić information content (AvgIpc) is 2.79. The molecular weight excluding hydrogens is 354 g/mol. The number of amides is 1. The highest BCUT2D eigenvalue weighted by Crippen LogP contribution is 2.16. The van der Waals surface area contributed by atoms with Gasteiger partial charge in [-0.3, -0.25) is 9.78 Å². The molecule has 0 unspecified atom stereocenters. The first-order valence-corrected chi connectivity index (χ1v) is 9.21. The van der Waals surface area contributed by atoms with E-state index in [2.05, 4.69) is 35.1 Å². The van der Waals surface area contributed by atoms with E-state index in [-0.39, 0.29) is 5.91 Å². The summed E-state index contributed by atoms with van der Waals surface area (Å²) in [7, 11) is 0. The molecule has 3 aromatic heterocycles. The van der Waals surface area contributed by atoms with Crippen LogP contribution in [-0.2, 0) is 6.54 Å². The second-order valence-electron chi connectivity index (χ2n) is 6.43. The van der Waals surface area contributed by atoms with Crippen molar-refractivity contribution in [2.45, 2.75) is 6.54 Å². The molecule has 1 aliphatic rings. The third-order valence-electron chi connectivity index (χ3n) is 4.60. The van der Waals surface area contributed by atoms with Crippen molar-refractivity contribution < 1.29 is 4.79 Å². The molecule has 4 rings (SSSR count). The molecule has 142 valence electrons. The molecule has 0 radical (unpaired) electrons. The largest absolute Gasteiger partial charge is 0.353 e. The van der Waals surface area contributed by atoms with Crippen molar-refractivity contribution in [1.82, 2.24) is 25.3 Å². The number of rotatable bonds is 5. The summed E-state index contributed by atoms with van der Waals surface area (Å²) in [5.74, 6) is 1.47. The van der Waals surface area contributed by atoms with Crippen molar-refractivity contribution in [3.05, 3.63) is 72.4 Å². The number of hydrogen-bond donors (Lipinski definition) is 1. The molecule has 8 heteroatoms. The Balaban J connectivity index is 1.31. The molecule has 0 aromatic carbocycles. The van der Waals surface area contributed by atoms with Gasteiger partial charge in [-0.05, 0) is 30.3 Å². The average molecular weight is 375 g/mol. The van der Waals surface area contributed by atoms with Crippen molar-refractivity contribution in [3.8, 4) is 0 Å². The van der Waals surface area contributed by atoms with Crippen molar-refractivity contribution in [2.24, 2.45) is 0 Å². The summed E-state index contributed by atoms with van der Waals surface area (Å²) in [5.41, 5.74) is 1.36. The van der Waals surface area contributed by atoms with Crippen molar-refractivity contribution in [1.29, 1.82) is 0 Å². The van der Waals surface area contributed by atoms with E-state index in [9.17, 15) is 4.79 Å². The van der Waals surface area contributed by atoms with E-state index in [1.807, 2.05) is 36.4 Å². The van der Waals surface area contributed by atoms with E-state index >= 15 is 0 Å². The van der Waals surface area contributed by atoms with Gasteiger partial charge in [-0.15, -0.1) is 0 Å². The van der Waals surface area contributed by atoms with Gasteiger partial charge in [-0.25, -0.2) is 15.0 Å². The van der Waals surface area contributed by atoms with Crippen LogP contribution in [0, 0.1) is 0 Å². The van der Waals surface area contributed by atoms with Crippen LogP contribution in [0.1, 0.15) is 16.1 Å². The Morgan fingerprint density at radius 2 is 1.61 bits per heavy atom. The zero-order valence-corrected chi connectivity index (χ0v) is 15.4. The smallest absolute Gasteiger partial charge is 0.253 e. The quantitative estimate of drug-likeness (QED) is 0.723. The van der Waals surface area contributed by atoms with Gasteiger partial charge in [0, 0.05) is 51.0 Å². The van der Waals surface area contributed by atoms with E-state index in [4.69, 9.17) is 0 Å². The summed E-state index contributed by atoms with van der Waals surface area (Å²) in [6.45, 7) is 3.72. The molecule has 1 aliphatic heterocycles. The molecular formula is C20H21N7O. The van der Waals surface area contributed by atoms with Gasteiger partial charge in [0.25, 0.3) is 5.91 Å². The lowest BCUT2D eigenvalue weighted by Crippen LogP contribution is -2.47. The van der Waals surface area contributed by atoms with Crippen molar-refractivity contribution in [2.75, 3.05) is 36.0 Å². The van der Waals surface area contributed by atoms with Crippen LogP contribution in [0.2, 0.25) is 0 Å². The standard InChI is InChI=1S/C20H21N7O/c28-19(25-15-17-4-1-2-7-21-17)16-5-6-18(24-14-16)26-10-12-27(13-11-26)20-22-8-3-9-23-20/h1-9,14H,10-13,15H2,(H,25,28). The Kier molecular flexibility index (Phi) is 5.37. The molecule has 28 heavy (non-hydrogen) atoms. The van der Waals surface area contributed by atoms with Gasteiger partial charge in [-0.1, -0.05) is 6.07 Å².